The summed E-state index contributed by atoms with van der Waals surface area (Å²) in [5, 5.41) is 5.58. The predicted octanol–water partition coefficient (Wildman–Crippen LogP) is 3.01. The fourth-order valence-electron chi connectivity index (χ4n) is 4.23. The molecule has 0 fully saturated rings. The highest BCUT2D eigenvalue weighted by molar-refractivity contribution is 5.99. The maximum atomic E-state index is 13.5. The molecule has 2 aromatic rings. The number of carbonyl (C=O) groups excluding carboxylic acids is 2. The zero-order chi connectivity index (χ0) is 26.2. The van der Waals surface area contributed by atoms with Gasteiger partial charge in [-0.2, -0.15) is 0 Å². The van der Waals surface area contributed by atoms with E-state index in [0.29, 0.717) is 36.7 Å². The Balaban J connectivity index is 1.91. The molecule has 0 radical (unpaired) electrons. The minimum Gasteiger partial charge on any atom is -0.491 e. The minimum absolute atomic E-state index is 0.00904. The number of nitrogens with zero attached hydrogens (tertiary/aromatic N) is 4. The molecule has 0 spiro atoms. The predicted molar refractivity (Wildman–Crippen MR) is 138 cm³/mol. The van der Waals surface area contributed by atoms with E-state index in [1.165, 1.54) is 6.33 Å². The zero-order valence-electron chi connectivity index (χ0n) is 22.0. The number of fused-ring (bicyclic) bond motifs is 1. The van der Waals surface area contributed by atoms with Crippen molar-refractivity contribution in [2.24, 2.45) is 5.92 Å². The van der Waals surface area contributed by atoms with Crippen LogP contribution in [-0.2, 0) is 11.3 Å². The molecule has 3 amide bonds. The first kappa shape index (κ1) is 27.3. The quantitative estimate of drug-likeness (QED) is 0.652. The third-order valence-corrected chi connectivity index (χ3v) is 6.25. The van der Waals surface area contributed by atoms with Crippen molar-refractivity contribution < 1.29 is 19.1 Å². The molecule has 3 rings (SSSR count). The second-order valence-electron chi connectivity index (χ2n) is 9.74. The first-order valence-electron chi connectivity index (χ1n) is 12.3. The largest absolute Gasteiger partial charge is 0.491 e. The number of urea groups is 1. The summed E-state index contributed by atoms with van der Waals surface area (Å²) >= 11 is 0. The molecular formula is C26H38N6O4. The van der Waals surface area contributed by atoms with Crippen molar-refractivity contribution in [2.45, 2.75) is 52.4 Å². The highest BCUT2D eigenvalue weighted by Crippen LogP contribution is 2.26. The van der Waals surface area contributed by atoms with E-state index in [9.17, 15) is 9.59 Å². The summed E-state index contributed by atoms with van der Waals surface area (Å²) in [6, 6.07) is 4.83. The van der Waals surface area contributed by atoms with Gasteiger partial charge in [0.1, 0.15) is 18.7 Å². The molecule has 1 aliphatic rings. The maximum Gasteiger partial charge on any atom is 0.319 e. The van der Waals surface area contributed by atoms with Gasteiger partial charge in [-0.1, -0.05) is 6.92 Å². The fourth-order valence-corrected chi connectivity index (χ4v) is 4.23. The fraction of sp³-hybridized carbons (Fsp3) is 0.538. The van der Waals surface area contributed by atoms with E-state index in [-0.39, 0.29) is 36.0 Å². The molecular weight excluding hydrogens is 460 g/mol. The Bertz CT molecular complexity index is 1020. The Kier molecular flexibility index (Phi) is 9.60. The lowest BCUT2D eigenvalue weighted by Crippen LogP contribution is -2.46. The van der Waals surface area contributed by atoms with E-state index in [4.69, 9.17) is 9.47 Å². The lowest BCUT2D eigenvalue weighted by atomic mass is 10.0. The number of hydrogen-bond donors (Lipinski definition) is 2. The molecule has 0 saturated heterocycles. The smallest absolute Gasteiger partial charge is 0.319 e. The molecule has 1 aromatic heterocycles. The second-order valence-corrected chi connectivity index (χ2v) is 9.74. The summed E-state index contributed by atoms with van der Waals surface area (Å²) < 4.78 is 12.0. The van der Waals surface area contributed by atoms with Gasteiger partial charge in [0.15, 0.2) is 0 Å². The van der Waals surface area contributed by atoms with Gasteiger partial charge in [-0.15, -0.1) is 0 Å². The average molecular weight is 499 g/mol. The molecule has 2 heterocycles. The third kappa shape index (κ3) is 7.38. The number of rotatable bonds is 5. The van der Waals surface area contributed by atoms with Gasteiger partial charge in [-0.3, -0.25) is 9.69 Å². The normalized spacial score (nSPS) is 21.7. The van der Waals surface area contributed by atoms with Gasteiger partial charge in [-0.05, 0) is 44.9 Å². The summed E-state index contributed by atoms with van der Waals surface area (Å²) in [4.78, 5) is 37.9. The molecule has 0 unspecified atom stereocenters. The van der Waals surface area contributed by atoms with Crippen LogP contribution in [-0.4, -0.2) is 83.7 Å². The monoisotopic (exact) mass is 498 g/mol. The molecule has 0 bridgehead atoms. The zero-order valence-corrected chi connectivity index (χ0v) is 22.0. The van der Waals surface area contributed by atoms with Crippen molar-refractivity contribution in [1.82, 2.24) is 25.1 Å². The first-order valence-corrected chi connectivity index (χ1v) is 12.3. The van der Waals surface area contributed by atoms with E-state index in [0.717, 1.165) is 12.1 Å². The van der Waals surface area contributed by atoms with E-state index in [1.54, 1.807) is 37.3 Å². The van der Waals surface area contributed by atoms with Gasteiger partial charge in [0.25, 0.3) is 5.91 Å². The summed E-state index contributed by atoms with van der Waals surface area (Å²) in [6.07, 6.45) is 5.00. The van der Waals surface area contributed by atoms with Crippen LogP contribution in [0.15, 0.2) is 36.9 Å². The maximum absolute atomic E-state index is 13.5. The lowest BCUT2D eigenvalue weighted by Gasteiger charge is -2.36. The molecule has 1 aliphatic heterocycles. The highest BCUT2D eigenvalue weighted by Gasteiger charge is 2.28. The Morgan fingerprint density at radius 3 is 2.61 bits per heavy atom. The average Bonchev–Trinajstić information content (AvgIpc) is 2.84. The van der Waals surface area contributed by atoms with Gasteiger partial charge in [0.2, 0.25) is 0 Å². The van der Waals surface area contributed by atoms with Gasteiger partial charge in [-0.25, -0.2) is 14.8 Å². The van der Waals surface area contributed by atoms with Crippen molar-refractivity contribution in [3.63, 3.8) is 0 Å². The molecule has 1 aromatic carbocycles. The summed E-state index contributed by atoms with van der Waals surface area (Å²) in [6.45, 7) is 10.2. The summed E-state index contributed by atoms with van der Waals surface area (Å²) in [5.74, 6) is 0.418. The number of hydrogen-bond acceptors (Lipinski definition) is 7. The third-order valence-electron chi connectivity index (χ3n) is 6.25. The number of aromatic nitrogens is 2. The Labute approximate surface area is 213 Å². The van der Waals surface area contributed by atoms with Crippen LogP contribution in [0.1, 0.15) is 43.6 Å². The van der Waals surface area contributed by atoms with Crippen molar-refractivity contribution in [3.05, 3.63) is 48.0 Å². The van der Waals surface area contributed by atoms with Gasteiger partial charge < -0.3 is 25.0 Å². The van der Waals surface area contributed by atoms with E-state index >= 15 is 0 Å². The number of ether oxygens (including phenoxy) is 2. The van der Waals surface area contributed by atoms with E-state index in [2.05, 4.69) is 39.3 Å². The van der Waals surface area contributed by atoms with Crippen LogP contribution in [0.25, 0.3) is 0 Å². The Morgan fingerprint density at radius 2 is 1.94 bits per heavy atom. The van der Waals surface area contributed by atoms with Crippen LogP contribution in [0.3, 0.4) is 0 Å². The Morgan fingerprint density at radius 1 is 1.22 bits per heavy atom. The molecule has 196 valence electrons. The number of anilines is 1. The topological polar surface area (TPSA) is 109 Å². The number of benzene rings is 1. The lowest BCUT2D eigenvalue weighted by molar-refractivity contribution is 0.00918. The number of methoxy groups -OCH3 is 1. The number of nitrogens with one attached hydrogen (secondary N) is 2. The second kappa shape index (κ2) is 12.6. The van der Waals surface area contributed by atoms with E-state index in [1.807, 2.05) is 26.2 Å². The van der Waals surface area contributed by atoms with Gasteiger partial charge in [0.05, 0.1) is 11.7 Å². The Hall–Kier alpha value is -3.24. The van der Waals surface area contributed by atoms with Crippen LogP contribution in [0.5, 0.6) is 5.75 Å². The SMILES string of the molecule is CO[C@H]1CN(C)C(=O)c2cc(NC(=O)NC(C)C)ccc2OC[C@@H](C)N(Cc2cncnc2)C[C@@H]1C. The number of amides is 3. The van der Waals surface area contributed by atoms with Crippen molar-refractivity contribution in [2.75, 3.05) is 39.2 Å². The summed E-state index contributed by atoms with van der Waals surface area (Å²) in [5.41, 5.74) is 1.92. The van der Waals surface area contributed by atoms with E-state index < -0.39 is 0 Å². The molecule has 3 atom stereocenters. The standard InChI is InChI=1S/C26H38N6O4/c1-17(2)29-26(34)30-21-7-8-23-22(9-21)25(33)31(5)14-24(35-6)18(3)12-32(19(4)15-36-23)13-20-10-27-16-28-11-20/h7-11,16-19,24H,12-15H2,1-6H3,(H2,29,30,34)/t18-,19+,24-/m0/s1. The molecule has 0 aliphatic carbocycles. The minimum atomic E-state index is -0.331. The summed E-state index contributed by atoms with van der Waals surface area (Å²) in [7, 11) is 3.43. The van der Waals surface area contributed by atoms with Crippen LogP contribution in [0.4, 0.5) is 10.5 Å². The molecule has 2 N–H and O–H groups in total. The molecule has 10 heteroatoms. The molecule has 0 saturated carbocycles. The van der Waals surface area contributed by atoms with Crippen molar-refractivity contribution in [1.29, 1.82) is 0 Å². The number of carbonyl (C=O) groups is 2. The highest BCUT2D eigenvalue weighted by atomic mass is 16.5. The molecule has 36 heavy (non-hydrogen) atoms. The van der Waals surface area contributed by atoms with Gasteiger partial charge in [0, 0.05) is 69.5 Å². The molecule has 10 nitrogen and oxygen atoms in total. The number of likely N-dealkylation sites (N-methyl/N-ethyl adjacent to an activating group) is 1. The van der Waals surface area contributed by atoms with Crippen LogP contribution < -0.4 is 15.4 Å². The first-order chi connectivity index (χ1) is 17.2. The van der Waals surface area contributed by atoms with Crippen molar-refractivity contribution >= 4 is 17.6 Å². The van der Waals surface area contributed by atoms with Crippen LogP contribution >= 0.6 is 0 Å². The van der Waals surface area contributed by atoms with Crippen LogP contribution in [0.2, 0.25) is 0 Å². The van der Waals surface area contributed by atoms with Crippen LogP contribution in [0, 0.1) is 5.92 Å². The van der Waals surface area contributed by atoms with Crippen molar-refractivity contribution in [3.8, 4) is 5.75 Å². The van der Waals surface area contributed by atoms with Gasteiger partial charge >= 0.3 is 6.03 Å².